The first-order valence-corrected chi connectivity index (χ1v) is 5.48. The second-order valence-corrected chi connectivity index (χ2v) is 4.23. The number of nitro benzene ring substituents is 1. The number of halogens is 1. The maximum absolute atomic E-state index is 13.2. The van der Waals surface area contributed by atoms with Crippen LogP contribution in [0.5, 0.6) is 0 Å². The third kappa shape index (κ3) is 2.48. The standard InChI is InChI=1S/C11H11FN2O5/c12-7-1-2-9(14(17)18)8(5-7)13-11(10(15)16)3-4-19-6-11/h1-2,5,13H,3-4,6H2,(H,15,16). The van der Waals surface area contributed by atoms with Gasteiger partial charge in [0, 0.05) is 25.2 Å². The van der Waals surface area contributed by atoms with E-state index in [0.717, 1.165) is 18.2 Å². The van der Waals surface area contributed by atoms with Crippen LogP contribution < -0.4 is 5.32 Å². The Morgan fingerprint density at radius 3 is 2.84 bits per heavy atom. The molecule has 7 nitrogen and oxygen atoms in total. The Morgan fingerprint density at radius 1 is 1.58 bits per heavy atom. The number of nitrogens with zero attached hydrogens (tertiary/aromatic N) is 1. The molecule has 1 saturated heterocycles. The van der Waals surface area contributed by atoms with Gasteiger partial charge < -0.3 is 15.2 Å². The number of anilines is 1. The molecule has 102 valence electrons. The number of carboxylic acids is 1. The smallest absolute Gasteiger partial charge is 0.331 e. The number of ether oxygens (including phenoxy) is 1. The van der Waals surface area contributed by atoms with E-state index in [1.807, 2.05) is 0 Å². The summed E-state index contributed by atoms with van der Waals surface area (Å²) in [6.45, 7) is 0.0956. The van der Waals surface area contributed by atoms with Gasteiger partial charge in [-0.2, -0.15) is 0 Å². The van der Waals surface area contributed by atoms with E-state index in [9.17, 15) is 24.4 Å². The molecule has 0 saturated carbocycles. The normalized spacial score (nSPS) is 22.2. The Balaban J connectivity index is 2.39. The van der Waals surface area contributed by atoms with Crippen LogP contribution in [-0.2, 0) is 9.53 Å². The van der Waals surface area contributed by atoms with Crippen LogP contribution >= 0.6 is 0 Å². The summed E-state index contributed by atoms with van der Waals surface area (Å²) in [6.07, 6.45) is 0.149. The second kappa shape index (κ2) is 4.81. The topological polar surface area (TPSA) is 102 Å². The van der Waals surface area contributed by atoms with Gasteiger partial charge in [0.2, 0.25) is 0 Å². The van der Waals surface area contributed by atoms with Gasteiger partial charge in [0.1, 0.15) is 11.5 Å². The molecule has 0 radical (unpaired) electrons. The van der Waals surface area contributed by atoms with E-state index in [0.29, 0.717) is 0 Å². The van der Waals surface area contributed by atoms with Crippen molar-refractivity contribution in [2.24, 2.45) is 0 Å². The van der Waals surface area contributed by atoms with Crippen molar-refractivity contribution in [2.45, 2.75) is 12.0 Å². The van der Waals surface area contributed by atoms with Crippen LogP contribution in [0.3, 0.4) is 0 Å². The number of nitro groups is 1. The van der Waals surface area contributed by atoms with Crippen molar-refractivity contribution in [1.29, 1.82) is 0 Å². The molecular formula is C11H11FN2O5. The van der Waals surface area contributed by atoms with E-state index >= 15 is 0 Å². The zero-order chi connectivity index (χ0) is 14.0. The van der Waals surface area contributed by atoms with Crippen LogP contribution in [0.15, 0.2) is 18.2 Å². The fourth-order valence-corrected chi connectivity index (χ4v) is 1.91. The van der Waals surface area contributed by atoms with E-state index < -0.39 is 22.2 Å². The van der Waals surface area contributed by atoms with Gasteiger partial charge in [-0.25, -0.2) is 9.18 Å². The molecule has 0 aliphatic carbocycles. The summed E-state index contributed by atoms with van der Waals surface area (Å²) in [5, 5.41) is 22.6. The molecule has 2 rings (SSSR count). The molecule has 1 aromatic carbocycles. The Bertz CT molecular complexity index is 528. The van der Waals surface area contributed by atoms with Gasteiger partial charge >= 0.3 is 5.97 Å². The first-order valence-electron chi connectivity index (χ1n) is 5.48. The van der Waals surface area contributed by atoms with Gasteiger partial charge in [-0.05, 0) is 6.07 Å². The van der Waals surface area contributed by atoms with Crippen LogP contribution in [0, 0.1) is 15.9 Å². The summed E-state index contributed by atoms with van der Waals surface area (Å²) in [5.41, 5.74) is -2.01. The molecule has 0 spiro atoms. The van der Waals surface area contributed by atoms with Gasteiger partial charge in [-0.1, -0.05) is 0 Å². The van der Waals surface area contributed by atoms with Gasteiger partial charge in [-0.3, -0.25) is 10.1 Å². The molecular weight excluding hydrogens is 259 g/mol. The fourth-order valence-electron chi connectivity index (χ4n) is 1.91. The van der Waals surface area contributed by atoms with Crippen molar-refractivity contribution in [2.75, 3.05) is 18.5 Å². The monoisotopic (exact) mass is 270 g/mol. The molecule has 8 heteroatoms. The van der Waals surface area contributed by atoms with E-state index in [4.69, 9.17) is 4.74 Å². The molecule has 1 aromatic rings. The van der Waals surface area contributed by atoms with Crippen LogP contribution in [0.1, 0.15) is 6.42 Å². The summed E-state index contributed by atoms with van der Waals surface area (Å²) in [7, 11) is 0. The fraction of sp³-hybridized carbons (Fsp3) is 0.364. The lowest BCUT2D eigenvalue weighted by molar-refractivity contribution is -0.384. The lowest BCUT2D eigenvalue weighted by Crippen LogP contribution is -2.47. The minimum atomic E-state index is -1.46. The molecule has 1 unspecified atom stereocenters. The number of rotatable bonds is 4. The largest absolute Gasteiger partial charge is 0.479 e. The molecule has 2 N–H and O–H groups in total. The lowest BCUT2D eigenvalue weighted by atomic mass is 9.98. The molecule has 1 aliphatic heterocycles. The van der Waals surface area contributed by atoms with Crippen LogP contribution in [0.4, 0.5) is 15.8 Å². The third-order valence-corrected chi connectivity index (χ3v) is 2.96. The van der Waals surface area contributed by atoms with Crippen LogP contribution in [0.25, 0.3) is 0 Å². The molecule has 0 bridgehead atoms. The van der Waals surface area contributed by atoms with E-state index in [2.05, 4.69) is 5.32 Å². The number of benzene rings is 1. The van der Waals surface area contributed by atoms with Gasteiger partial charge in [0.15, 0.2) is 5.54 Å². The summed E-state index contributed by atoms with van der Waals surface area (Å²) < 4.78 is 18.2. The molecule has 0 amide bonds. The van der Waals surface area contributed by atoms with Gasteiger partial charge in [0.25, 0.3) is 5.69 Å². The highest BCUT2D eigenvalue weighted by Crippen LogP contribution is 2.31. The summed E-state index contributed by atoms with van der Waals surface area (Å²) >= 11 is 0. The van der Waals surface area contributed by atoms with Crippen molar-refractivity contribution >= 4 is 17.3 Å². The zero-order valence-corrected chi connectivity index (χ0v) is 9.76. The molecule has 19 heavy (non-hydrogen) atoms. The van der Waals surface area contributed by atoms with Crippen molar-refractivity contribution in [1.82, 2.24) is 0 Å². The SMILES string of the molecule is O=C(O)C1(Nc2cc(F)ccc2[N+](=O)[O-])CCOC1. The quantitative estimate of drug-likeness (QED) is 0.633. The number of hydrogen-bond acceptors (Lipinski definition) is 5. The first-order chi connectivity index (χ1) is 8.94. The van der Waals surface area contributed by atoms with E-state index in [-0.39, 0.29) is 31.0 Å². The van der Waals surface area contributed by atoms with Crippen LogP contribution in [0.2, 0.25) is 0 Å². The highest BCUT2D eigenvalue weighted by molar-refractivity contribution is 5.84. The second-order valence-electron chi connectivity index (χ2n) is 4.23. The van der Waals surface area contributed by atoms with Crippen molar-refractivity contribution in [3.63, 3.8) is 0 Å². The predicted molar refractivity (Wildman–Crippen MR) is 62.5 cm³/mol. The third-order valence-electron chi connectivity index (χ3n) is 2.96. The maximum atomic E-state index is 13.2. The number of carbonyl (C=O) groups is 1. The van der Waals surface area contributed by atoms with Crippen molar-refractivity contribution < 1.29 is 24.0 Å². The summed E-state index contributed by atoms with van der Waals surface area (Å²) in [6, 6.07) is 2.84. The first kappa shape index (κ1) is 13.2. The van der Waals surface area contributed by atoms with Gasteiger partial charge in [0.05, 0.1) is 11.5 Å². The average molecular weight is 270 g/mol. The van der Waals surface area contributed by atoms with E-state index in [1.54, 1.807) is 0 Å². The highest BCUT2D eigenvalue weighted by atomic mass is 19.1. The predicted octanol–water partition coefficient (Wildman–Crippen LogP) is 1.39. The van der Waals surface area contributed by atoms with E-state index in [1.165, 1.54) is 0 Å². The summed E-state index contributed by atoms with van der Waals surface area (Å²) in [4.78, 5) is 21.4. The molecule has 1 aliphatic rings. The molecule has 1 atom stereocenters. The Morgan fingerprint density at radius 2 is 2.32 bits per heavy atom. The van der Waals surface area contributed by atoms with Crippen LogP contribution in [-0.4, -0.2) is 34.8 Å². The number of hydrogen-bond donors (Lipinski definition) is 2. The molecule has 0 aromatic heterocycles. The number of carboxylic acid groups (broad SMARTS) is 1. The maximum Gasteiger partial charge on any atom is 0.331 e. The molecule has 1 fully saturated rings. The summed E-state index contributed by atoms with van der Waals surface area (Å²) in [5.74, 6) is -1.88. The Kier molecular flexibility index (Phi) is 3.34. The zero-order valence-electron chi connectivity index (χ0n) is 9.76. The van der Waals surface area contributed by atoms with Gasteiger partial charge in [-0.15, -0.1) is 0 Å². The minimum absolute atomic E-state index is 0.129. The average Bonchev–Trinajstić information content (AvgIpc) is 2.78. The lowest BCUT2D eigenvalue weighted by Gasteiger charge is -2.24. The Hall–Kier alpha value is -2.22. The minimum Gasteiger partial charge on any atom is -0.479 e. The number of aliphatic carboxylic acids is 1. The Labute approximate surface area is 107 Å². The highest BCUT2D eigenvalue weighted by Gasteiger charge is 2.43. The van der Waals surface area contributed by atoms with Crippen molar-refractivity contribution in [3.05, 3.63) is 34.1 Å². The van der Waals surface area contributed by atoms with Crippen molar-refractivity contribution in [3.8, 4) is 0 Å². The number of nitrogens with one attached hydrogen (secondary N) is 1. The molecule has 1 heterocycles.